The highest BCUT2D eigenvalue weighted by Crippen LogP contribution is 2.29. The lowest BCUT2D eigenvalue weighted by Gasteiger charge is -2.35. The Morgan fingerprint density at radius 1 is 1.50 bits per heavy atom. The highest BCUT2D eigenvalue weighted by atomic mass is 15.2. The van der Waals surface area contributed by atoms with Crippen LogP contribution in [-0.2, 0) is 0 Å². The molecule has 0 amide bonds. The Morgan fingerprint density at radius 2 is 2.21 bits per heavy atom. The van der Waals surface area contributed by atoms with Crippen molar-refractivity contribution >= 4 is 0 Å². The van der Waals surface area contributed by atoms with Crippen molar-refractivity contribution in [2.45, 2.75) is 25.8 Å². The lowest BCUT2D eigenvalue weighted by Crippen LogP contribution is -2.48. The highest BCUT2D eigenvalue weighted by Gasteiger charge is 2.31. The van der Waals surface area contributed by atoms with Gasteiger partial charge in [-0.05, 0) is 37.8 Å². The minimum absolute atomic E-state index is 0.844. The molecule has 2 rings (SSSR count). The lowest BCUT2D eigenvalue weighted by molar-refractivity contribution is 0.171. The van der Waals surface area contributed by atoms with Gasteiger partial charge < -0.3 is 5.32 Å². The van der Waals surface area contributed by atoms with Crippen LogP contribution in [0, 0.1) is 11.8 Å². The zero-order valence-electron chi connectivity index (χ0n) is 9.21. The number of hydrogen-bond donors (Lipinski definition) is 1. The van der Waals surface area contributed by atoms with Gasteiger partial charge in [0.2, 0.25) is 0 Å². The van der Waals surface area contributed by atoms with Gasteiger partial charge in [-0.1, -0.05) is 13.0 Å². The summed E-state index contributed by atoms with van der Waals surface area (Å²) in [4.78, 5) is 2.61. The summed E-state index contributed by atoms with van der Waals surface area (Å²) >= 11 is 0. The molecule has 0 spiro atoms. The molecule has 1 aliphatic heterocycles. The molecule has 2 aliphatic rings. The molecule has 80 valence electrons. The van der Waals surface area contributed by atoms with E-state index in [1.165, 1.54) is 32.5 Å². The van der Waals surface area contributed by atoms with Gasteiger partial charge in [-0.3, -0.25) is 4.90 Å². The van der Waals surface area contributed by atoms with Crippen LogP contribution in [0.3, 0.4) is 0 Å². The van der Waals surface area contributed by atoms with Crippen molar-refractivity contribution in [3.8, 4) is 0 Å². The first-order chi connectivity index (χ1) is 6.81. The standard InChI is InChI=1S/C12H22N2/c1-3-6-14(12-4-5-12)9-10(2)11-7-13-8-11/h3,10-13H,1,4-9H2,2H3. The van der Waals surface area contributed by atoms with E-state index >= 15 is 0 Å². The Kier molecular flexibility index (Phi) is 3.24. The van der Waals surface area contributed by atoms with E-state index in [1.54, 1.807) is 0 Å². The van der Waals surface area contributed by atoms with E-state index in [2.05, 4.69) is 23.7 Å². The molecule has 1 unspecified atom stereocenters. The van der Waals surface area contributed by atoms with Gasteiger partial charge in [0, 0.05) is 19.1 Å². The Balaban J connectivity index is 1.76. The summed E-state index contributed by atoms with van der Waals surface area (Å²) in [5.74, 6) is 1.76. The minimum atomic E-state index is 0.844. The van der Waals surface area contributed by atoms with Gasteiger partial charge in [0.25, 0.3) is 0 Å². The van der Waals surface area contributed by atoms with E-state index in [4.69, 9.17) is 0 Å². The van der Waals surface area contributed by atoms with Crippen LogP contribution in [0.1, 0.15) is 19.8 Å². The van der Waals surface area contributed by atoms with E-state index in [0.29, 0.717) is 0 Å². The van der Waals surface area contributed by atoms with E-state index in [9.17, 15) is 0 Å². The van der Waals surface area contributed by atoms with Crippen molar-refractivity contribution in [3.05, 3.63) is 12.7 Å². The van der Waals surface area contributed by atoms with Crippen molar-refractivity contribution in [1.82, 2.24) is 10.2 Å². The van der Waals surface area contributed by atoms with E-state index in [0.717, 1.165) is 24.4 Å². The highest BCUT2D eigenvalue weighted by molar-refractivity contribution is 4.90. The fourth-order valence-corrected chi connectivity index (χ4v) is 2.21. The zero-order valence-corrected chi connectivity index (χ0v) is 9.21. The second-order valence-corrected chi connectivity index (χ2v) is 4.87. The number of nitrogens with one attached hydrogen (secondary N) is 1. The first-order valence-electron chi connectivity index (χ1n) is 5.87. The van der Waals surface area contributed by atoms with Crippen LogP contribution in [0.25, 0.3) is 0 Å². The summed E-state index contributed by atoms with van der Waals surface area (Å²) in [5, 5.41) is 3.35. The fraction of sp³-hybridized carbons (Fsp3) is 0.833. The molecule has 1 atom stereocenters. The number of hydrogen-bond acceptors (Lipinski definition) is 2. The summed E-state index contributed by atoms with van der Waals surface area (Å²) in [6.07, 6.45) is 4.86. The van der Waals surface area contributed by atoms with Crippen molar-refractivity contribution in [1.29, 1.82) is 0 Å². The predicted molar refractivity (Wildman–Crippen MR) is 60.3 cm³/mol. The lowest BCUT2D eigenvalue weighted by atomic mass is 9.88. The molecule has 0 aromatic carbocycles. The van der Waals surface area contributed by atoms with Gasteiger partial charge >= 0.3 is 0 Å². The molecule has 2 nitrogen and oxygen atoms in total. The van der Waals surface area contributed by atoms with Crippen LogP contribution in [0.5, 0.6) is 0 Å². The van der Waals surface area contributed by atoms with Gasteiger partial charge in [0.15, 0.2) is 0 Å². The Hall–Kier alpha value is -0.340. The van der Waals surface area contributed by atoms with Crippen LogP contribution in [0.15, 0.2) is 12.7 Å². The maximum absolute atomic E-state index is 3.84. The molecule has 2 heteroatoms. The molecule has 1 saturated heterocycles. The van der Waals surface area contributed by atoms with Gasteiger partial charge in [0.1, 0.15) is 0 Å². The SMILES string of the molecule is C=CCN(CC(C)C1CNC1)C1CC1. The summed E-state index contributed by atoms with van der Waals surface area (Å²) in [5.41, 5.74) is 0. The van der Waals surface area contributed by atoms with Crippen molar-refractivity contribution in [2.24, 2.45) is 11.8 Å². The molecule has 0 bridgehead atoms. The molecule has 14 heavy (non-hydrogen) atoms. The topological polar surface area (TPSA) is 15.3 Å². The Morgan fingerprint density at radius 3 is 2.64 bits per heavy atom. The molecule has 1 aliphatic carbocycles. The average molecular weight is 194 g/mol. The second-order valence-electron chi connectivity index (χ2n) is 4.87. The van der Waals surface area contributed by atoms with Gasteiger partial charge in [0.05, 0.1) is 0 Å². The first-order valence-corrected chi connectivity index (χ1v) is 5.87. The third kappa shape index (κ3) is 2.37. The van der Waals surface area contributed by atoms with Crippen LogP contribution in [0.4, 0.5) is 0 Å². The smallest absolute Gasteiger partial charge is 0.0163 e. The molecule has 1 heterocycles. The number of nitrogens with zero attached hydrogens (tertiary/aromatic N) is 1. The monoisotopic (exact) mass is 194 g/mol. The predicted octanol–water partition coefficient (Wildman–Crippen LogP) is 1.49. The van der Waals surface area contributed by atoms with Crippen LogP contribution in [0.2, 0.25) is 0 Å². The van der Waals surface area contributed by atoms with Crippen LogP contribution in [-0.4, -0.2) is 37.1 Å². The molecule has 1 saturated carbocycles. The summed E-state index contributed by atoms with van der Waals surface area (Å²) in [6.45, 7) is 11.0. The van der Waals surface area contributed by atoms with Crippen LogP contribution < -0.4 is 5.32 Å². The van der Waals surface area contributed by atoms with E-state index in [1.807, 2.05) is 6.08 Å². The molecular formula is C12H22N2. The van der Waals surface area contributed by atoms with Crippen LogP contribution >= 0.6 is 0 Å². The van der Waals surface area contributed by atoms with E-state index in [-0.39, 0.29) is 0 Å². The maximum Gasteiger partial charge on any atom is 0.0163 e. The third-order valence-corrected chi connectivity index (χ3v) is 3.57. The van der Waals surface area contributed by atoms with Crippen molar-refractivity contribution in [3.63, 3.8) is 0 Å². The summed E-state index contributed by atoms with van der Waals surface area (Å²) in [7, 11) is 0. The average Bonchev–Trinajstić information content (AvgIpc) is 2.81. The molecule has 0 aromatic rings. The van der Waals surface area contributed by atoms with Gasteiger partial charge in [-0.2, -0.15) is 0 Å². The largest absolute Gasteiger partial charge is 0.316 e. The van der Waals surface area contributed by atoms with Crippen molar-refractivity contribution < 1.29 is 0 Å². The van der Waals surface area contributed by atoms with Crippen molar-refractivity contribution in [2.75, 3.05) is 26.2 Å². The zero-order chi connectivity index (χ0) is 9.97. The normalized spacial score (nSPS) is 24.7. The molecule has 2 fully saturated rings. The molecule has 1 N–H and O–H groups in total. The fourth-order valence-electron chi connectivity index (χ4n) is 2.21. The third-order valence-electron chi connectivity index (χ3n) is 3.57. The van der Waals surface area contributed by atoms with Gasteiger partial charge in [-0.25, -0.2) is 0 Å². The minimum Gasteiger partial charge on any atom is -0.316 e. The second kappa shape index (κ2) is 4.45. The quantitative estimate of drug-likeness (QED) is 0.645. The summed E-state index contributed by atoms with van der Waals surface area (Å²) in [6, 6.07) is 0.878. The molecular weight excluding hydrogens is 172 g/mol. The summed E-state index contributed by atoms with van der Waals surface area (Å²) < 4.78 is 0. The molecule has 0 radical (unpaired) electrons. The Labute approximate surface area is 87.4 Å². The Bertz CT molecular complexity index is 194. The molecule has 0 aromatic heterocycles. The first kappa shape index (κ1) is 10.2. The van der Waals surface area contributed by atoms with Gasteiger partial charge in [-0.15, -0.1) is 6.58 Å². The maximum atomic E-state index is 3.84. The number of rotatable bonds is 6. The van der Waals surface area contributed by atoms with E-state index < -0.39 is 0 Å².